The number of benzene rings is 11. The van der Waals surface area contributed by atoms with Crippen LogP contribution in [0.3, 0.4) is 0 Å². The van der Waals surface area contributed by atoms with Crippen LogP contribution in [-0.2, 0) is 0 Å². The summed E-state index contributed by atoms with van der Waals surface area (Å²) in [6, 6.07) is 51.5. The average molecular weight is 935 g/mol. The Morgan fingerprint density at radius 3 is 1.10 bits per heavy atom. The Morgan fingerprint density at radius 2 is 0.708 bits per heavy atom. The summed E-state index contributed by atoms with van der Waals surface area (Å²) in [5, 5.41) is 6.65. The Kier molecular flexibility index (Phi) is 5.99. The summed E-state index contributed by atoms with van der Waals surface area (Å²) in [6.07, 6.45) is 0. The predicted molar refractivity (Wildman–Crippen MR) is 305 cm³/mol. The Hall–Kier alpha value is -9.38. The van der Waals surface area contributed by atoms with E-state index in [0.29, 0.717) is 33.5 Å². The van der Waals surface area contributed by atoms with Crippen LogP contribution >= 0.6 is 0 Å². The second kappa shape index (κ2) is 15.6. The van der Waals surface area contributed by atoms with Gasteiger partial charge < -0.3 is 18.6 Å². The first-order chi connectivity index (χ1) is 42.2. The molecule has 72 heavy (non-hydrogen) atoms. The topological polar surface area (TPSA) is 15.3 Å². The molecule has 0 N–H and O–H groups in total. The third kappa shape index (κ3) is 5.69. The minimum Gasteiger partial charge on any atom is -0.310 e. The normalized spacial score (nSPS) is 15.6. The smallest absolute Gasteiger partial charge is 0.0645 e. The summed E-state index contributed by atoms with van der Waals surface area (Å²) in [5.41, 5.74) is 10.2. The van der Waals surface area contributed by atoms with Crippen LogP contribution in [0.15, 0.2) is 242 Å². The molecule has 0 unspecified atom stereocenters. The lowest BCUT2D eigenvalue weighted by Crippen LogP contribution is -2.10. The monoisotopic (exact) mass is 934 g/mol. The number of hydrogen-bond acceptors (Lipinski definition) is 2. The van der Waals surface area contributed by atoms with Crippen molar-refractivity contribution in [1.82, 2.24) is 8.80 Å². The van der Waals surface area contributed by atoms with Crippen molar-refractivity contribution in [2.75, 3.05) is 9.80 Å². The molecule has 4 aromatic heterocycles. The van der Waals surface area contributed by atoms with Gasteiger partial charge in [0.25, 0.3) is 0 Å². The first-order valence-electron chi connectivity index (χ1n) is 31.6. The van der Waals surface area contributed by atoms with Crippen LogP contribution < -0.4 is 9.80 Å². The average Bonchev–Trinajstić information content (AvgIpc) is 1.50. The molecule has 0 amide bonds. The van der Waals surface area contributed by atoms with Gasteiger partial charge in [-0.1, -0.05) is 181 Å². The van der Waals surface area contributed by atoms with Crippen molar-refractivity contribution in [2.45, 2.75) is 13.7 Å². The van der Waals surface area contributed by atoms with Crippen molar-refractivity contribution >= 4 is 110 Å². The Morgan fingerprint density at radius 1 is 0.333 bits per heavy atom. The van der Waals surface area contributed by atoms with E-state index in [1.54, 1.807) is 34.1 Å². The Labute approximate surface area is 439 Å². The van der Waals surface area contributed by atoms with Gasteiger partial charge in [0.05, 0.1) is 58.2 Å². The van der Waals surface area contributed by atoms with E-state index in [1.165, 1.54) is 24.3 Å². The van der Waals surface area contributed by atoms with Crippen molar-refractivity contribution in [3.8, 4) is 22.3 Å². The number of aromatic nitrogens is 2. The Balaban J connectivity index is 1.11. The van der Waals surface area contributed by atoms with Gasteiger partial charge in [0.2, 0.25) is 0 Å². The van der Waals surface area contributed by atoms with Gasteiger partial charge in [0, 0.05) is 85.2 Å². The highest BCUT2D eigenvalue weighted by Crippen LogP contribution is 2.56. The van der Waals surface area contributed by atoms with Crippen molar-refractivity contribution in [3.05, 3.63) is 254 Å². The minimum atomic E-state index is -2.44. The van der Waals surface area contributed by atoms with Gasteiger partial charge in [-0.15, -0.1) is 0 Å². The van der Waals surface area contributed by atoms with Gasteiger partial charge in [-0.2, -0.15) is 0 Å². The van der Waals surface area contributed by atoms with E-state index in [-0.39, 0.29) is 22.5 Å². The molecule has 0 atom stereocenters. The van der Waals surface area contributed by atoms with Gasteiger partial charge in [-0.3, -0.25) is 0 Å². The highest BCUT2D eigenvalue weighted by Gasteiger charge is 2.32. The van der Waals surface area contributed by atoms with Crippen molar-refractivity contribution < 1.29 is 21.9 Å². The van der Waals surface area contributed by atoms with E-state index in [2.05, 4.69) is 45.2 Å². The minimum absolute atomic E-state index is 0.0733. The molecule has 0 aliphatic heterocycles. The van der Waals surface area contributed by atoms with Crippen LogP contribution in [0.1, 0.15) is 33.1 Å². The molecule has 4 heteroatoms. The third-order valence-corrected chi connectivity index (χ3v) is 14.3. The predicted octanol–water partition coefficient (Wildman–Crippen LogP) is 18.9. The molecule has 0 spiro atoms. The molecule has 0 bridgehead atoms. The number of fused-ring (bicyclic) bond motifs is 12. The van der Waals surface area contributed by atoms with E-state index in [0.717, 1.165) is 87.7 Å². The molecule has 0 radical (unpaired) electrons. The molecule has 0 saturated heterocycles. The molecule has 15 aromatic rings. The summed E-state index contributed by atoms with van der Waals surface area (Å²) in [5.74, 6) is 0. The van der Waals surface area contributed by atoms with Gasteiger partial charge in [0.15, 0.2) is 0 Å². The second-order valence-electron chi connectivity index (χ2n) is 18.1. The number of anilines is 6. The van der Waals surface area contributed by atoms with Gasteiger partial charge in [-0.25, -0.2) is 0 Å². The van der Waals surface area contributed by atoms with Crippen LogP contribution in [0.2, 0.25) is 0 Å². The first kappa shape index (κ1) is 27.7. The molecule has 0 fully saturated rings. The maximum Gasteiger partial charge on any atom is 0.0645 e. The van der Waals surface area contributed by atoms with Gasteiger partial charge in [-0.05, 0) is 97.5 Å². The number of rotatable bonds is 8. The molecular weight excluding hydrogens is 873 g/mol. The van der Waals surface area contributed by atoms with E-state index in [1.807, 2.05) is 97.1 Å². The molecule has 15 rings (SSSR count). The lowest BCUT2D eigenvalue weighted by Gasteiger charge is -2.26. The summed E-state index contributed by atoms with van der Waals surface area (Å²) < 4.78 is 144. The lowest BCUT2D eigenvalue weighted by atomic mass is 9.89. The van der Waals surface area contributed by atoms with E-state index in [4.69, 9.17) is 16.4 Å². The van der Waals surface area contributed by atoms with Crippen molar-refractivity contribution in [3.63, 3.8) is 0 Å². The molecule has 4 heterocycles. The van der Waals surface area contributed by atoms with E-state index in [9.17, 15) is 5.48 Å². The first-order valence-corrected chi connectivity index (χ1v) is 23.6. The summed E-state index contributed by atoms with van der Waals surface area (Å²) >= 11 is 0. The van der Waals surface area contributed by atoms with Crippen LogP contribution in [0.4, 0.5) is 34.1 Å². The van der Waals surface area contributed by atoms with Crippen molar-refractivity contribution in [2.24, 2.45) is 0 Å². The van der Waals surface area contributed by atoms with Crippen LogP contribution in [0.5, 0.6) is 0 Å². The molecule has 0 saturated carbocycles. The van der Waals surface area contributed by atoms with E-state index >= 15 is 0 Å². The van der Waals surface area contributed by atoms with Crippen LogP contribution in [-0.4, -0.2) is 8.80 Å². The summed E-state index contributed by atoms with van der Waals surface area (Å²) in [6.45, 7) is -4.88. The van der Waals surface area contributed by atoms with Crippen LogP contribution in [0, 0.1) is 13.7 Å². The molecule has 0 aliphatic carbocycles. The molecular formula is C68H46N4. The molecule has 338 valence electrons. The fourth-order valence-corrected chi connectivity index (χ4v) is 11.6. The third-order valence-electron chi connectivity index (χ3n) is 14.3. The Bertz CT molecular complexity index is 5010. The number of hydrogen-bond donors (Lipinski definition) is 0. The fourth-order valence-electron chi connectivity index (χ4n) is 11.6. The standard InChI is InChI=1S/C68H46N4/c1-43-35-39-49(40-36-43)69(47-23-11-5-12-24-47)55-31-17-33-57-61(55)51-27-15-29-53-63-60(46-21-9-4-10-22-46)68-64(59(45-19-7-3-8-20-45)67(63)71(57)65(51)53)54-30-16-28-52-62-56(32-18-34-58(62)72(68)66(52)54)70(48-25-13-6-14-26-48)50-41-37-44(2)38-42-50/h3-42H,1-2H3/i1D3,2D3,5D,6D,11D,12D,13D,14D,23D,24D,25D,26D. The van der Waals surface area contributed by atoms with Gasteiger partial charge >= 0.3 is 0 Å². The lowest BCUT2D eigenvalue weighted by molar-refractivity contribution is 1.29. The van der Waals surface area contributed by atoms with Gasteiger partial charge in [0.1, 0.15) is 0 Å². The number of aryl methyl sites for hydroxylation is 2. The molecule has 0 aliphatic rings. The van der Waals surface area contributed by atoms with E-state index < -0.39 is 74.1 Å². The highest BCUT2D eigenvalue weighted by molar-refractivity contribution is 6.39. The number of para-hydroxylation sites is 4. The fraction of sp³-hybridized carbons (Fsp3) is 0.0294. The van der Waals surface area contributed by atoms with Crippen molar-refractivity contribution in [1.29, 1.82) is 0 Å². The summed E-state index contributed by atoms with van der Waals surface area (Å²) in [7, 11) is 0. The maximum atomic E-state index is 9.37. The zero-order chi connectivity index (χ0) is 61.3. The SMILES string of the molecule is [2H]c1c([2H])c([2H])c(N(c2ccc(C([2H])([2H])[2H])cc2)c2cccc3c2c2cccc4c5c(-c6ccccc6)c6c(c(-c7ccccc7)c5n3c24)c2cccc3c4c(N(c5ccc(C([2H])([2H])[2H])cc5)c5c([2H])c([2H])c([2H])c([2H])c5[2H])cccc4n6c32)c([2H])c1[2H]. The maximum absolute atomic E-state index is 9.37. The summed E-state index contributed by atoms with van der Waals surface area (Å²) in [4.78, 5) is 3.28. The zero-order valence-electron chi connectivity index (χ0n) is 54.1. The second-order valence-corrected chi connectivity index (χ2v) is 18.1. The largest absolute Gasteiger partial charge is 0.310 e. The zero-order valence-corrected chi connectivity index (χ0v) is 38.1. The molecule has 4 nitrogen and oxygen atoms in total. The highest BCUT2D eigenvalue weighted by atomic mass is 15.2. The van der Waals surface area contributed by atoms with Crippen LogP contribution in [0.25, 0.3) is 98.4 Å². The quantitative estimate of drug-likeness (QED) is 0.151. The molecule has 11 aromatic carbocycles. The number of nitrogens with zero attached hydrogens (tertiary/aromatic N) is 4.